The van der Waals surface area contributed by atoms with Gasteiger partial charge >= 0.3 is 11.9 Å². The molecule has 1 aromatic heterocycles. The molecule has 0 saturated carbocycles. The maximum atomic E-state index is 12.2. The average molecular weight is 326 g/mol. The van der Waals surface area contributed by atoms with Gasteiger partial charge in [0.2, 0.25) is 0 Å². The highest BCUT2D eigenvalue weighted by molar-refractivity contribution is 7.10. The van der Waals surface area contributed by atoms with Crippen molar-refractivity contribution >= 4 is 23.3 Å². The molecule has 2 rings (SSSR count). The van der Waals surface area contributed by atoms with Crippen LogP contribution in [0.2, 0.25) is 0 Å². The number of carbonyl (C=O) groups excluding carboxylic acids is 1. The Morgan fingerprint density at radius 2 is 2.18 bits per heavy atom. The lowest BCUT2D eigenvalue weighted by molar-refractivity contribution is -0.161. The number of aliphatic carboxylic acids is 1. The van der Waals surface area contributed by atoms with Crippen LogP contribution in [0.4, 0.5) is 0 Å². The average Bonchev–Trinajstić information content (AvgIpc) is 2.99. The van der Waals surface area contributed by atoms with E-state index in [4.69, 9.17) is 10.5 Å². The predicted octanol–water partition coefficient (Wildman–Crippen LogP) is 1.82. The first-order valence-electron chi connectivity index (χ1n) is 7.21. The van der Waals surface area contributed by atoms with Crippen LogP contribution in [0, 0.1) is 5.92 Å². The zero-order valence-electron chi connectivity index (χ0n) is 13.0. The Balaban J connectivity index is 2.14. The SMILES string of the molecule is CC(C)(C)OC(=O)[C@@H]1CCN([C@H](C(=O)O)c2cccs2)[C@@H]1N. The lowest BCUT2D eigenvalue weighted by atomic mass is 10.1. The fourth-order valence-electron chi connectivity index (χ4n) is 2.65. The molecule has 2 heterocycles. The number of ether oxygens (including phenoxy) is 1. The largest absolute Gasteiger partial charge is 0.480 e. The Hall–Kier alpha value is -1.44. The summed E-state index contributed by atoms with van der Waals surface area (Å²) in [6.07, 6.45) is -0.149. The normalized spacial score (nSPS) is 24.2. The number of nitrogens with zero attached hydrogens (tertiary/aromatic N) is 1. The number of rotatable bonds is 4. The maximum absolute atomic E-state index is 12.2. The monoisotopic (exact) mass is 326 g/mol. The molecule has 0 unspecified atom stereocenters. The van der Waals surface area contributed by atoms with Gasteiger partial charge in [-0.3, -0.25) is 14.5 Å². The van der Waals surface area contributed by atoms with E-state index in [1.807, 2.05) is 11.4 Å². The Morgan fingerprint density at radius 3 is 2.68 bits per heavy atom. The lowest BCUT2D eigenvalue weighted by Crippen LogP contribution is -2.47. The van der Waals surface area contributed by atoms with Gasteiger partial charge in [0.05, 0.1) is 12.1 Å². The summed E-state index contributed by atoms with van der Waals surface area (Å²) < 4.78 is 5.38. The van der Waals surface area contributed by atoms with Crippen LogP contribution < -0.4 is 5.73 Å². The number of carboxylic acids is 1. The molecule has 3 atom stereocenters. The Morgan fingerprint density at radius 1 is 1.50 bits per heavy atom. The van der Waals surface area contributed by atoms with E-state index in [9.17, 15) is 14.7 Å². The second-order valence-electron chi connectivity index (χ2n) is 6.41. The second-order valence-corrected chi connectivity index (χ2v) is 7.39. The molecule has 0 aromatic carbocycles. The third-order valence-electron chi connectivity index (χ3n) is 3.58. The molecular formula is C15H22N2O4S. The molecule has 122 valence electrons. The van der Waals surface area contributed by atoms with Crippen LogP contribution in [0.3, 0.4) is 0 Å². The van der Waals surface area contributed by atoms with Crippen molar-refractivity contribution in [2.24, 2.45) is 11.7 Å². The van der Waals surface area contributed by atoms with Crippen molar-refractivity contribution in [2.75, 3.05) is 6.54 Å². The summed E-state index contributed by atoms with van der Waals surface area (Å²) in [5.41, 5.74) is 5.57. The molecular weight excluding hydrogens is 304 g/mol. The van der Waals surface area contributed by atoms with Gasteiger partial charge in [-0.05, 0) is 38.6 Å². The zero-order valence-corrected chi connectivity index (χ0v) is 13.8. The molecule has 0 spiro atoms. The Kier molecular flexibility index (Phi) is 4.89. The van der Waals surface area contributed by atoms with Crippen molar-refractivity contribution in [1.29, 1.82) is 0 Å². The van der Waals surface area contributed by atoms with E-state index in [0.29, 0.717) is 17.8 Å². The standard InChI is InChI=1S/C15H22N2O4S/c1-15(2,3)21-14(20)9-6-7-17(12(9)16)11(13(18)19)10-5-4-8-22-10/h4-5,8-9,11-12H,6-7,16H2,1-3H3,(H,18,19)/t9-,11+,12+/m1/s1. The minimum atomic E-state index is -0.956. The fraction of sp³-hybridized carbons (Fsp3) is 0.600. The van der Waals surface area contributed by atoms with Crippen molar-refractivity contribution in [3.63, 3.8) is 0 Å². The highest BCUT2D eigenvalue weighted by atomic mass is 32.1. The van der Waals surface area contributed by atoms with Crippen LogP contribution >= 0.6 is 11.3 Å². The molecule has 0 amide bonds. The van der Waals surface area contributed by atoms with Crippen LogP contribution in [0.1, 0.15) is 38.1 Å². The van der Waals surface area contributed by atoms with E-state index < -0.39 is 29.7 Å². The van der Waals surface area contributed by atoms with Gasteiger partial charge in [-0.1, -0.05) is 6.07 Å². The van der Waals surface area contributed by atoms with Gasteiger partial charge in [0, 0.05) is 11.4 Å². The summed E-state index contributed by atoms with van der Waals surface area (Å²) in [6.45, 7) is 5.86. The summed E-state index contributed by atoms with van der Waals surface area (Å²) >= 11 is 1.37. The zero-order chi connectivity index (χ0) is 16.5. The number of carbonyl (C=O) groups is 2. The first kappa shape index (κ1) is 16.9. The van der Waals surface area contributed by atoms with E-state index in [1.165, 1.54) is 11.3 Å². The molecule has 1 saturated heterocycles. The van der Waals surface area contributed by atoms with Crippen LogP contribution in [0.15, 0.2) is 17.5 Å². The summed E-state index contributed by atoms with van der Waals surface area (Å²) in [6, 6.07) is 2.77. The van der Waals surface area contributed by atoms with Gasteiger partial charge < -0.3 is 15.6 Å². The lowest BCUT2D eigenvalue weighted by Gasteiger charge is -2.29. The van der Waals surface area contributed by atoms with Gasteiger partial charge in [0.25, 0.3) is 0 Å². The molecule has 1 aliphatic rings. The fourth-order valence-corrected chi connectivity index (χ4v) is 3.49. The number of esters is 1. The number of nitrogens with two attached hydrogens (primary N) is 1. The van der Waals surface area contributed by atoms with E-state index in [-0.39, 0.29) is 5.97 Å². The second kappa shape index (κ2) is 6.36. The van der Waals surface area contributed by atoms with E-state index in [2.05, 4.69) is 0 Å². The number of likely N-dealkylation sites (tertiary alicyclic amines) is 1. The van der Waals surface area contributed by atoms with Crippen molar-refractivity contribution in [2.45, 2.75) is 45.0 Å². The highest BCUT2D eigenvalue weighted by Crippen LogP contribution is 2.34. The molecule has 1 aliphatic heterocycles. The van der Waals surface area contributed by atoms with Crippen molar-refractivity contribution < 1.29 is 19.4 Å². The summed E-state index contributed by atoms with van der Waals surface area (Å²) in [7, 11) is 0. The van der Waals surface area contributed by atoms with Crippen LogP contribution in [-0.2, 0) is 14.3 Å². The molecule has 3 N–H and O–H groups in total. The summed E-state index contributed by atoms with van der Waals surface area (Å²) in [4.78, 5) is 26.2. The quantitative estimate of drug-likeness (QED) is 0.820. The van der Waals surface area contributed by atoms with Crippen LogP contribution in [0.25, 0.3) is 0 Å². The molecule has 0 bridgehead atoms. The maximum Gasteiger partial charge on any atom is 0.326 e. The van der Waals surface area contributed by atoms with Gasteiger partial charge in [-0.2, -0.15) is 0 Å². The number of carboxylic acid groups (broad SMARTS) is 1. The molecule has 0 aliphatic carbocycles. The van der Waals surface area contributed by atoms with E-state index in [0.717, 1.165) is 0 Å². The molecule has 6 nitrogen and oxygen atoms in total. The van der Waals surface area contributed by atoms with Gasteiger partial charge in [-0.15, -0.1) is 11.3 Å². The Labute approximate surface area is 133 Å². The van der Waals surface area contributed by atoms with Gasteiger partial charge in [0.1, 0.15) is 11.6 Å². The first-order chi connectivity index (χ1) is 10.2. The number of hydrogen-bond acceptors (Lipinski definition) is 6. The van der Waals surface area contributed by atoms with Gasteiger partial charge in [0.15, 0.2) is 0 Å². The minimum Gasteiger partial charge on any atom is -0.480 e. The van der Waals surface area contributed by atoms with Crippen molar-refractivity contribution in [3.8, 4) is 0 Å². The van der Waals surface area contributed by atoms with Crippen LogP contribution in [-0.4, -0.2) is 40.3 Å². The number of hydrogen-bond donors (Lipinski definition) is 2. The topological polar surface area (TPSA) is 92.9 Å². The molecule has 1 fully saturated rings. The first-order valence-corrected chi connectivity index (χ1v) is 8.09. The molecule has 0 radical (unpaired) electrons. The predicted molar refractivity (Wildman–Crippen MR) is 83.3 cm³/mol. The Bertz CT molecular complexity index is 538. The molecule has 1 aromatic rings. The minimum absolute atomic E-state index is 0.363. The van der Waals surface area contributed by atoms with Gasteiger partial charge in [-0.25, -0.2) is 0 Å². The molecule has 7 heteroatoms. The van der Waals surface area contributed by atoms with E-state index >= 15 is 0 Å². The summed E-state index contributed by atoms with van der Waals surface area (Å²) in [5.74, 6) is -1.82. The highest BCUT2D eigenvalue weighted by Gasteiger charge is 2.44. The van der Waals surface area contributed by atoms with Crippen molar-refractivity contribution in [1.82, 2.24) is 4.90 Å². The van der Waals surface area contributed by atoms with Crippen LogP contribution in [0.5, 0.6) is 0 Å². The third-order valence-corrected chi connectivity index (χ3v) is 4.51. The summed E-state index contributed by atoms with van der Waals surface area (Å²) in [5, 5.41) is 11.4. The number of thiophene rings is 1. The third kappa shape index (κ3) is 3.66. The smallest absolute Gasteiger partial charge is 0.326 e. The van der Waals surface area contributed by atoms with E-state index in [1.54, 1.807) is 31.7 Å². The van der Waals surface area contributed by atoms with Crippen molar-refractivity contribution in [3.05, 3.63) is 22.4 Å². The molecule has 22 heavy (non-hydrogen) atoms.